The van der Waals surface area contributed by atoms with Gasteiger partial charge in [-0.3, -0.25) is 0 Å². The maximum Gasteiger partial charge on any atom is 0.416 e. The molecule has 0 unspecified atom stereocenters. The SMILES string of the molecule is COc1cc(C(F)(F)F)ccc1COC(=O)NC1CCN(C)CC1. The first-order chi connectivity index (χ1) is 11.3. The first kappa shape index (κ1) is 18.4. The number of piperidine rings is 1. The van der Waals surface area contributed by atoms with Crippen molar-refractivity contribution in [2.45, 2.75) is 31.7 Å². The lowest BCUT2D eigenvalue weighted by Crippen LogP contribution is -2.43. The predicted molar refractivity (Wildman–Crippen MR) is 81.8 cm³/mol. The summed E-state index contributed by atoms with van der Waals surface area (Å²) in [7, 11) is 3.29. The van der Waals surface area contributed by atoms with Crippen LogP contribution in [0.15, 0.2) is 18.2 Å². The summed E-state index contributed by atoms with van der Waals surface area (Å²) in [6.07, 6.45) is -3.34. The van der Waals surface area contributed by atoms with Gasteiger partial charge in [-0.1, -0.05) is 6.07 Å². The van der Waals surface area contributed by atoms with E-state index in [0.29, 0.717) is 5.56 Å². The third-order valence-electron chi connectivity index (χ3n) is 4.01. The Bertz CT molecular complexity index is 570. The third kappa shape index (κ3) is 5.02. The molecule has 1 aliphatic heterocycles. The van der Waals surface area contributed by atoms with Crippen molar-refractivity contribution in [3.05, 3.63) is 29.3 Å². The van der Waals surface area contributed by atoms with Crippen molar-refractivity contribution in [1.82, 2.24) is 10.2 Å². The molecule has 1 saturated heterocycles. The normalized spacial score (nSPS) is 16.7. The number of nitrogens with zero attached hydrogens (tertiary/aromatic N) is 1. The number of likely N-dealkylation sites (tertiary alicyclic amines) is 1. The molecule has 0 aromatic heterocycles. The fourth-order valence-corrected chi connectivity index (χ4v) is 2.54. The minimum absolute atomic E-state index is 0.0388. The lowest BCUT2D eigenvalue weighted by atomic mass is 10.1. The number of hydrogen-bond donors (Lipinski definition) is 1. The molecule has 8 heteroatoms. The number of halogens is 3. The van der Waals surface area contributed by atoms with Gasteiger partial charge in [0.15, 0.2) is 0 Å². The Kier molecular flexibility index (Phi) is 5.93. The van der Waals surface area contributed by atoms with Gasteiger partial charge in [-0.05, 0) is 45.1 Å². The standard InChI is InChI=1S/C16H21F3N2O3/c1-21-7-5-13(6-8-21)20-15(22)24-10-11-3-4-12(16(17,18)19)9-14(11)23-2/h3-4,9,13H,5-8,10H2,1-2H3,(H,20,22). The van der Waals surface area contributed by atoms with Crippen LogP contribution in [-0.2, 0) is 17.5 Å². The van der Waals surface area contributed by atoms with Gasteiger partial charge in [0.1, 0.15) is 12.4 Å². The number of benzene rings is 1. The summed E-state index contributed by atoms with van der Waals surface area (Å²) in [4.78, 5) is 14.0. The molecule has 0 radical (unpaired) electrons. The number of carbonyl (C=O) groups excluding carboxylic acids is 1. The van der Waals surface area contributed by atoms with Crippen LogP contribution in [0.3, 0.4) is 0 Å². The lowest BCUT2D eigenvalue weighted by molar-refractivity contribution is -0.137. The van der Waals surface area contributed by atoms with E-state index in [0.717, 1.165) is 38.1 Å². The molecular formula is C16H21F3N2O3. The highest BCUT2D eigenvalue weighted by Crippen LogP contribution is 2.33. The highest BCUT2D eigenvalue weighted by Gasteiger charge is 2.31. The van der Waals surface area contributed by atoms with Crippen LogP contribution in [0, 0.1) is 0 Å². The van der Waals surface area contributed by atoms with Crippen molar-refractivity contribution >= 4 is 6.09 Å². The van der Waals surface area contributed by atoms with Crippen LogP contribution < -0.4 is 10.1 Å². The van der Waals surface area contributed by atoms with Crippen LogP contribution in [0.25, 0.3) is 0 Å². The average molecular weight is 346 g/mol. The van der Waals surface area contributed by atoms with Crippen LogP contribution in [0.2, 0.25) is 0 Å². The summed E-state index contributed by atoms with van der Waals surface area (Å²) in [5, 5.41) is 2.77. The first-order valence-electron chi connectivity index (χ1n) is 7.65. The molecule has 5 nitrogen and oxygen atoms in total. The van der Waals surface area contributed by atoms with E-state index in [1.165, 1.54) is 13.2 Å². The van der Waals surface area contributed by atoms with Crippen LogP contribution in [0.1, 0.15) is 24.0 Å². The molecule has 1 amide bonds. The zero-order valence-electron chi connectivity index (χ0n) is 13.7. The molecule has 1 aromatic carbocycles. The van der Waals surface area contributed by atoms with E-state index in [2.05, 4.69) is 10.2 Å². The second kappa shape index (κ2) is 7.74. The van der Waals surface area contributed by atoms with Crippen molar-refractivity contribution in [3.63, 3.8) is 0 Å². The fraction of sp³-hybridized carbons (Fsp3) is 0.562. The van der Waals surface area contributed by atoms with Gasteiger partial charge in [-0.25, -0.2) is 4.79 Å². The van der Waals surface area contributed by atoms with Crippen molar-refractivity contribution < 1.29 is 27.4 Å². The number of hydrogen-bond acceptors (Lipinski definition) is 4. The fourth-order valence-electron chi connectivity index (χ4n) is 2.54. The molecule has 134 valence electrons. The van der Waals surface area contributed by atoms with E-state index in [1.807, 2.05) is 7.05 Å². The van der Waals surface area contributed by atoms with Crippen molar-refractivity contribution in [2.24, 2.45) is 0 Å². The maximum atomic E-state index is 12.7. The molecule has 1 aromatic rings. The minimum Gasteiger partial charge on any atom is -0.496 e. The number of alkyl carbamates (subject to hydrolysis) is 1. The molecular weight excluding hydrogens is 325 g/mol. The second-order valence-electron chi connectivity index (χ2n) is 5.82. The number of carbonyl (C=O) groups is 1. The third-order valence-corrected chi connectivity index (χ3v) is 4.01. The Labute approximate surface area is 138 Å². The summed E-state index contributed by atoms with van der Waals surface area (Å²) in [5.41, 5.74) is -0.428. The molecule has 2 rings (SSSR count). The van der Waals surface area contributed by atoms with Crippen LogP contribution in [-0.4, -0.2) is 44.3 Å². The summed E-state index contributed by atoms with van der Waals surface area (Å²) < 4.78 is 48.1. The molecule has 1 heterocycles. The number of rotatable bonds is 4. The summed E-state index contributed by atoms with van der Waals surface area (Å²) in [6.45, 7) is 1.65. The van der Waals surface area contributed by atoms with Gasteiger partial charge in [0.05, 0.1) is 12.7 Å². The maximum absolute atomic E-state index is 12.7. The largest absolute Gasteiger partial charge is 0.496 e. The zero-order valence-corrected chi connectivity index (χ0v) is 13.7. The lowest BCUT2D eigenvalue weighted by Gasteiger charge is -2.29. The van der Waals surface area contributed by atoms with Crippen LogP contribution in [0.5, 0.6) is 5.75 Å². The van der Waals surface area contributed by atoms with E-state index >= 15 is 0 Å². The number of nitrogens with one attached hydrogen (secondary N) is 1. The molecule has 1 aliphatic rings. The average Bonchev–Trinajstić information content (AvgIpc) is 2.54. The van der Waals surface area contributed by atoms with Gasteiger partial charge >= 0.3 is 12.3 Å². The topological polar surface area (TPSA) is 50.8 Å². The summed E-state index contributed by atoms with van der Waals surface area (Å²) in [5.74, 6) is 0.0388. The Morgan fingerprint density at radius 1 is 1.33 bits per heavy atom. The Balaban J connectivity index is 1.90. The zero-order chi connectivity index (χ0) is 17.7. The molecule has 0 atom stereocenters. The number of ether oxygens (including phenoxy) is 2. The molecule has 1 N–H and O–H groups in total. The van der Waals surface area contributed by atoms with Crippen molar-refractivity contribution in [3.8, 4) is 5.75 Å². The quantitative estimate of drug-likeness (QED) is 0.910. The summed E-state index contributed by atoms with van der Waals surface area (Å²) in [6, 6.07) is 3.15. The Hall–Kier alpha value is -1.96. The van der Waals surface area contributed by atoms with E-state index in [4.69, 9.17) is 9.47 Å². The second-order valence-corrected chi connectivity index (χ2v) is 5.82. The van der Waals surface area contributed by atoms with Gasteiger partial charge < -0.3 is 19.7 Å². The predicted octanol–water partition coefficient (Wildman–Crippen LogP) is 3.03. The van der Waals surface area contributed by atoms with Crippen LogP contribution >= 0.6 is 0 Å². The number of methoxy groups -OCH3 is 1. The number of alkyl halides is 3. The first-order valence-corrected chi connectivity index (χ1v) is 7.65. The van der Waals surface area contributed by atoms with Crippen molar-refractivity contribution in [2.75, 3.05) is 27.2 Å². The van der Waals surface area contributed by atoms with E-state index in [9.17, 15) is 18.0 Å². The van der Waals surface area contributed by atoms with Crippen molar-refractivity contribution in [1.29, 1.82) is 0 Å². The van der Waals surface area contributed by atoms with Gasteiger partial charge in [0, 0.05) is 11.6 Å². The highest BCUT2D eigenvalue weighted by molar-refractivity contribution is 5.67. The Morgan fingerprint density at radius 3 is 2.58 bits per heavy atom. The van der Waals surface area contributed by atoms with Gasteiger partial charge in [0.2, 0.25) is 0 Å². The molecule has 1 fully saturated rings. The minimum atomic E-state index is -4.45. The monoisotopic (exact) mass is 346 g/mol. The Morgan fingerprint density at radius 2 is 2.00 bits per heavy atom. The van der Waals surface area contributed by atoms with E-state index in [-0.39, 0.29) is 18.4 Å². The van der Waals surface area contributed by atoms with Gasteiger partial charge in [0.25, 0.3) is 0 Å². The van der Waals surface area contributed by atoms with Gasteiger partial charge in [-0.15, -0.1) is 0 Å². The highest BCUT2D eigenvalue weighted by atomic mass is 19.4. The molecule has 24 heavy (non-hydrogen) atoms. The molecule has 0 aliphatic carbocycles. The molecule has 0 bridgehead atoms. The molecule has 0 spiro atoms. The van der Waals surface area contributed by atoms with E-state index < -0.39 is 17.8 Å². The van der Waals surface area contributed by atoms with Crippen LogP contribution in [0.4, 0.5) is 18.0 Å². The number of amides is 1. The molecule has 0 saturated carbocycles. The smallest absolute Gasteiger partial charge is 0.416 e. The van der Waals surface area contributed by atoms with Gasteiger partial charge in [-0.2, -0.15) is 13.2 Å². The van der Waals surface area contributed by atoms with E-state index in [1.54, 1.807) is 0 Å². The summed E-state index contributed by atoms with van der Waals surface area (Å²) >= 11 is 0.